The maximum atomic E-state index is 13.3. The Hall–Kier alpha value is -1.85. The van der Waals surface area contributed by atoms with E-state index in [-0.39, 0.29) is 23.6 Å². The maximum Gasteiger partial charge on any atom is 0.247 e. The summed E-state index contributed by atoms with van der Waals surface area (Å²) in [5, 5.41) is 10.7. The number of rotatable bonds is 4. The SMILES string of the molecule is CC(C)C/C(=C/c1cc(F)c(F)cc1F)[N+](=O)[O-]. The molecule has 0 aliphatic heterocycles. The van der Waals surface area contributed by atoms with E-state index in [1.54, 1.807) is 13.8 Å². The zero-order chi connectivity index (χ0) is 13.9. The molecule has 0 heterocycles. The first kappa shape index (κ1) is 14.2. The summed E-state index contributed by atoms with van der Waals surface area (Å²) in [6.07, 6.45) is 1.04. The molecule has 98 valence electrons. The van der Waals surface area contributed by atoms with Gasteiger partial charge in [-0.15, -0.1) is 0 Å². The highest BCUT2D eigenvalue weighted by Crippen LogP contribution is 2.20. The number of allylic oxidation sites excluding steroid dienone is 1. The Morgan fingerprint density at radius 1 is 1.28 bits per heavy atom. The Balaban J connectivity index is 3.19. The summed E-state index contributed by atoms with van der Waals surface area (Å²) in [5.41, 5.74) is -0.573. The Morgan fingerprint density at radius 3 is 2.33 bits per heavy atom. The summed E-state index contributed by atoms with van der Waals surface area (Å²) in [7, 11) is 0. The molecular weight excluding hydrogens is 247 g/mol. The van der Waals surface area contributed by atoms with Gasteiger partial charge in [-0.3, -0.25) is 10.1 Å². The highest BCUT2D eigenvalue weighted by atomic mass is 19.2. The first-order chi connectivity index (χ1) is 8.31. The number of hydrogen-bond acceptors (Lipinski definition) is 2. The van der Waals surface area contributed by atoms with Crippen LogP contribution in [0.15, 0.2) is 17.8 Å². The van der Waals surface area contributed by atoms with Crippen LogP contribution >= 0.6 is 0 Å². The Kier molecular flexibility index (Phi) is 4.47. The summed E-state index contributed by atoms with van der Waals surface area (Å²) in [5.74, 6) is -3.60. The van der Waals surface area contributed by atoms with Gasteiger partial charge in [-0.05, 0) is 12.0 Å². The van der Waals surface area contributed by atoms with E-state index in [9.17, 15) is 23.3 Å². The van der Waals surface area contributed by atoms with Crippen molar-refractivity contribution in [2.75, 3.05) is 0 Å². The maximum absolute atomic E-state index is 13.3. The van der Waals surface area contributed by atoms with E-state index >= 15 is 0 Å². The second kappa shape index (κ2) is 5.66. The van der Waals surface area contributed by atoms with E-state index in [4.69, 9.17) is 0 Å². The number of halogens is 3. The minimum absolute atomic E-state index is 0.00462. The average Bonchev–Trinajstić information content (AvgIpc) is 2.23. The second-order valence-electron chi connectivity index (χ2n) is 4.28. The summed E-state index contributed by atoms with van der Waals surface area (Å²) in [6.45, 7) is 3.53. The smallest absolute Gasteiger partial charge is 0.247 e. The van der Waals surface area contributed by atoms with Crippen LogP contribution in [0.25, 0.3) is 6.08 Å². The third-order valence-electron chi connectivity index (χ3n) is 2.21. The van der Waals surface area contributed by atoms with Crippen molar-refractivity contribution in [3.05, 3.63) is 51.0 Å². The number of nitrogens with zero attached hydrogens (tertiary/aromatic N) is 1. The van der Waals surface area contributed by atoms with Crippen molar-refractivity contribution in [1.82, 2.24) is 0 Å². The largest absolute Gasteiger partial charge is 0.259 e. The van der Waals surface area contributed by atoms with E-state index in [1.165, 1.54) is 0 Å². The van der Waals surface area contributed by atoms with E-state index in [2.05, 4.69) is 0 Å². The highest BCUT2D eigenvalue weighted by Gasteiger charge is 2.16. The molecule has 0 aliphatic carbocycles. The Morgan fingerprint density at radius 2 is 1.83 bits per heavy atom. The van der Waals surface area contributed by atoms with Crippen LogP contribution in [0.1, 0.15) is 25.8 Å². The van der Waals surface area contributed by atoms with Gasteiger partial charge in [0.15, 0.2) is 11.6 Å². The van der Waals surface area contributed by atoms with Gasteiger partial charge in [-0.1, -0.05) is 13.8 Å². The van der Waals surface area contributed by atoms with Crippen LogP contribution in [0.5, 0.6) is 0 Å². The fraction of sp³-hybridized carbons (Fsp3) is 0.333. The molecule has 0 amide bonds. The standard InChI is InChI=1S/C12H12F3NO2/c1-7(2)3-9(16(17)18)4-8-5-11(14)12(15)6-10(8)13/h4-7H,3H2,1-2H3/b9-4-. The minimum atomic E-state index is -1.32. The Bertz CT molecular complexity index is 498. The lowest BCUT2D eigenvalue weighted by molar-refractivity contribution is -0.427. The van der Waals surface area contributed by atoms with Crippen LogP contribution in [0.2, 0.25) is 0 Å². The highest BCUT2D eigenvalue weighted by molar-refractivity contribution is 5.52. The predicted molar refractivity (Wildman–Crippen MR) is 60.7 cm³/mol. The molecule has 0 N–H and O–H groups in total. The summed E-state index contributed by atoms with van der Waals surface area (Å²) >= 11 is 0. The van der Waals surface area contributed by atoms with E-state index in [0.717, 1.165) is 6.08 Å². The summed E-state index contributed by atoms with van der Waals surface area (Å²) in [6, 6.07) is 0.975. The molecule has 0 radical (unpaired) electrons. The zero-order valence-corrected chi connectivity index (χ0v) is 9.91. The van der Waals surface area contributed by atoms with Gasteiger partial charge in [0.25, 0.3) is 0 Å². The molecule has 0 saturated heterocycles. The summed E-state index contributed by atoms with van der Waals surface area (Å²) < 4.78 is 38.9. The van der Waals surface area contributed by atoms with Gasteiger partial charge >= 0.3 is 0 Å². The van der Waals surface area contributed by atoms with Crippen molar-refractivity contribution < 1.29 is 18.1 Å². The van der Waals surface area contributed by atoms with Gasteiger partial charge in [0.2, 0.25) is 5.70 Å². The van der Waals surface area contributed by atoms with E-state index in [0.29, 0.717) is 12.1 Å². The first-order valence-electron chi connectivity index (χ1n) is 5.30. The van der Waals surface area contributed by atoms with Gasteiger partial charge in [0, 0.05) is 24.1 Å². The quantitative estimate of drug-likeness (QED) is 0.469. The molecule has 0 aromatic heterocycles. The van der Waals surface area contributed by atoms with E-state index in [1.807, 2.05) is 0 Å². The molecular formula is C12H12F3NO2. The van der Waals surface area contributed by atoms with Gasteiger partial charge < -0.3 is 0 Å². The lowest BCUT2D eigenvalue weighted by Crippen LogP contribution is -2.03. The Labute approximate surface area is 102 Å². The van der Waals surface area contributed by atoms with Gasteiger partial charge in [0.05, 0.1) is 4.92 Å². The molecule has 0 fully saturated rings. The topological polar surface area (TPSA) is 43.1 Å². The lowest BCUT2D eigenvalue weighted by atomic mass is 10.1. The van der Waals surface area contributed by atoms with Crippen molar-refractivity contribution in [3.8, 4) is 0 Å². The third kappa shape index (κ3) is 3.58. The molecule has 0 spiro atoms. The summed E-state index contributed by atoms with van der Waals surface area (Å²) in [4.78, 5) is 10.1. The van der Waals surface area contributed by atoms with Crippen molar-refractivity contribution in [1.29, 1.82) is 0 Å². The monoisotopic (exact) mass is 259 g/mol. The van der Waals surface area contributed by atoms with Gasteiger partial charge in [-0.2, -0.15) is 0 Å². The van der Waals surface area contributed by atoms with Crippen LogP contribution in [0.4, 0.5) is 13.2 Å². The molecule has 1 aromatic carbocycles. The van der Waals surface area contributed by atoms with Crippen molar-refractivity contribution in [2.45, 2.75) is 20.3 Å². The lowest BCUT2D eigenvalue weighted by Gasteiger charge is -2.03. The third-order valence-corrected chi connectivity index (χ3v) is 2.21. The fourth-order valence-electron chi connectivity index (χ4n) is 1.43. The van der Waals surface area contributed by atoms with Gasteiger partial charge in [0.1, 0.15) is 5.82 Å². The molecule has 1 rings (SSSR count). The second-order valence-corrected chi connectivity index (χ2v) is 4.28. The van der Waals surface area contributed by atoms with Crippen molar-refractivity contribution in [3.63, 3.8) is 0 Å². The van der Waals surface area contributed by atoms with Crippen LogP contribution in [-0.2, 0) is 0 Å². The number of nitro groups is 1. The number of benzene rings is 1. The fourth-order valence-corrected chi connectivity index (χ4v) is 1.43. The molecule has 3 nitrogen and oxygen atoms in total. The van der Waals surface area contributed by atoms with Crippen molar-refractivity contribution in [2.24, 2.45) is 5.92 Å². The first-order valence-corrected chi connectivity index (χ1v) is 5.30. The molecule has 1 aromatic rings. The normalized spacial score (nSPS) is 12.0. The molecule has 18 heavy (non-hydrogen) atoms. The zero-order valence-electron chi connectivity index (χ0n) is 9.91. The molecule has 0 atom stereocenters. The van der Waals surface area contributed by atoms with Crippen LogP contribution in [-0.4, -0.2) is 4.92 Å². The molecule has 6 heteroatoms. The van der Waals surface area contributed by atoms with Crippen molar-refractivity contribution >= 4 is 6.08 Å². The average molecular weight is 259 g/mol. The van der Waals surface area contributed by atoms with E-state index < -0.39 is 22.4 Å². The van der Waals surface area contributed by atoms with Crippen LogP contribution in [0, 0.1) is 33.5 Å². The minimum Gasteiger partial charge on any atom is -0.259 e. The van der Waals surface area contributed by atoms with Crippen LogP contribution in [0.3, 0.4) is 0 Å². The molecule has 0 unspecified atom stereocenters. The number of hydrogen-bond donors (Lipinski definition) is 0. The predicted octanol–water partition coefficient (Wildman–Crippen LogP) is 3.77. The molecule has 0 bridgehead atoms. The molecule has 0 saturated carbocycles. The van der Waals surface area contributed by atoms with Gasteiger partial charge in [-0.25, -0.2) is 13.2 Å². The van der Waals surface area contributed by atoms with Crippen LogP contribution < -0.4 is 0 Å². The molecule has 0 aliphatic rings.